The molecule has 0 atom stereocenters. The van der Waals surface area contributed by atoms with Gasteiger partial charge in [-0.3, -0.25) is 0 Å². The van der Waals surface area contributed by atoms with E-state index in [2.05, 4.69) is 5.32 Å². The van der Waals surface area contributed by atoms with Gasteiger partial charge in [0.2, 0.25) is 0 Å². The Morgan fingerprint density at radius 2 is 1.60 bits per heavy atom. The topological polar surface area (TPSA) is 52.5 Å². The van der Waals surface area contributed by atoms with E-state index in [9.17, 15) is 8.78 Å². The van der Waals surface area contributed by atoms with Crippen LogP contribution in [0.4, 0.5) is 8.78 Å². The molecule has 0 saturated heterocycles. The van der Waals surface area contributed by atoms with Gasteiger partial charge in [0.25, 0.3) is 0 Å². The van der Waals surface area contributed by atoms with E-state index in [1.54, 1.807) is 0 Å². The van der Waals surface area contributed by atoms with Crippen molar-refractivity contribution in [2.75, 3.05) is 13.2 Å². The normalized spacial score (nSPS) is 11.0. The third-order valence-corrected chi connectivity index (χ3v) is 1.96. The molecule has 0 fully saturated rings. The average Bonchev–Trinajstić information content (AvgIpc) is 2.18. The molecule has 1 aromatic carbocycles. The standard InChI is InChI=1S/C10H13F2NO2/c11-8-1-7(2-9(12)3-8)4-13-10(5-14)6-15/h1-3,10,13-15H,4-6H2. The number of benzene rings is 1. The molecule has 15 heavy (non-hydrogen) atoms. The van der Waals surface area contributed by atoms with Gasteiger partial charge in [-0.2, -0.15) is 0 Å². The second-order valence-electron chi connectivity index (χ2n) is 3.22. The zero-order valence-corrected chi connectivity index (χ0v) is 8.08. The fourth-order valence-electron chi connectivity index (χ4n) is 1.16. The van der Waals surface area contributed by atoms with Crippen molar-refractivity contribution >= 4 is 0 Å². The molecule has 0 heterocycles. The molecular weight excluding hydrogens is 204 g/mol. The Labute approximate surface area is 86.4 Å². The number of halogens is 2. The van der Waals surface area contributed by atoms with Gasteiger partial charge in [-0.1, -0.05) is 0 Å². The summed E-state index contributed by atoms with van der Waals surface area (Å²) in [5, 5.41) is 20.2. The predicted molar refractivity (Wildman–Crippen MR) is 51.2 cm³/mol. The van der Waals surface area contributed by atoms with E-state index in [0.717, 1.165) is 6.07 Å². The summed E-state index contributed by atoms with van der Waals surface area (Å²) >= 11 is 0. The van der Waals surface area contributed by atoms with Crippen molar-refractivity contribution < 1.29 is 19.0 Å². The van der Waals surface area contributed by atoms with Gasteiger partial charge in [0.05, 0.1) is 19.3 Å². The Hall–Kier alpha value is -1.04. The Bertz CT molecular complexity index is 296. The molecule has 0 amide bonds. The number of hydrogen-bond acceptors (Lipinski definition) is 3. The summed E-state index contributed by atoms with van der Waals surface area (Å²) < 4.78 is 25.5. The SMILES string of the molecule is OCC(CO)NCc1cc(F)cc(F)c1. The van der Waals surface area contributed by atoms with Crippen molar-refractivity contribution in [2.45, 2.75) is 12.6 Å². The first kappa shape index (κ1) is 12.0. The van der Waals surface area contributed by atoms with E-state index < -0.39 is 17.7 Å². The van der Waals surface area contributed by atoms with Crippen LogP contribution < -0.4 is 5.32 Å². The minimum atomic E-state index is -0.642. The van der Waals surface area contributed by atoms with Crippen LogP contribution in [-0.4, -0.2) is 29.5 Å². The third kappa shape index (κ3) is 3.91. The van der Waals surface area contributed by atoms with Crippen LogP contribution in [0.2, 0.25) is 0 Å². The molecule has 0 unspecified atom stereocenters. The summed E-state index contributed by atoms with van der Waals surface area (Å²) in [5.74, 6) is -1.28. The summed E-state index contributed by atoms with van der Waals surface area (Å²) in [6.45, 7) is -0.261. The summed E-state index contributed by atoms with van der Waals surface area (Å²) in [6.07, 6.45) is 0. The maximum atomic E-state index is 12.7. The minimum Gasteiger partial charge on any atom is -0.395 e. The monoisotopic (exact) mass is 217 g/mol. The first-order valence-corrected chi connectivity index (χ1v) is 4.55. The number of hydrogen-bond donors (Lipinski definition) is 3. The van der Waals surface area contributed by atoms with E-state index in [1.165, 1.54) is 12.1 Å². The fraction of sp³-hybridized carbons (Fsp3) is 0.400. The van der Waals surface area contributed by atoms with Gasteiger partial charge in [0.1, 0.15) is 11.6 Å². The number of aliphatic hydroxyl groups is 2. The van der Waals surface area contributed by atoms with Crippen LogP contribution in [0.5, 0.6) is 0 Å². The first-order valence-electron chi connectivity index (χ1n) is 4.55. The molecule has 0 aliphatic carbocycles. The van der Waals surface area contributed by atoms with Gasteiger partial charge in [0, 0.05) is 12.6 Å². The minimum absolute atomic E-state index is 0.195. The van der Waals surface area contributed by atoms with E-state index in [1.807, 2.05) is 0 Å². The molecule has 1 rings (SSSR count). The molecular formula is C10H13F2NO2. The highest BCUT2D eigenvalue weighted by Crippen LogP contribution is 2.07. The van der Waals surface area contributed by atoms with Crippen LogP contribution >= 0.6 is 0 Å². The van der Waals surface area contributed by atoms with Crippen LogP contribution in [-0.2, 0) is 6.54 Å². The largest absolute Gasteiger partial charge is 0.395 e. The summed E-state index contributed by atoms with van der Waals surface area (Å²) in [5.41, 5.74) is 0.430. The van der Waals surface area contributed by atoms with Gasteiger partial charge < -0.3 is 15.5 Å². The fourth-order valence-corrected chi connectivity index (χ4v) is 1.16. The van der Waals surface area contributed by atoms with E-state index in [4.69, 9.17) is 10.2 Å². The maximum Gasteiger partial charge on any atom is 0.126 e. The Kier molecular flexibility index (Phi) is 4.61. The average molecular weight is 217 g/mol. The molecule has 0 aromatic heterocycles. The second kappa shape index (κ2) is 5.75. The molecule has 3 N–H and O–H groups in total. The highest BCUT2D eigenvalue weighted by molar-refractivity contribution is 5.17. The van der Waals surface area contributed by atoms with Crippen molar-refractivity contribution in [3.05, 3.63) is 35.4 Å². The third-order valence-electron chi connectivity index (χ3n) is 1.96. The Balaban J connectivity index is 2.57. The van der Waals surface area contributed by atoms with Crippen molar-refractivity contribution in [1.29, 1.82) is 0 Å². The van der Waals surface area contributed by atoms with Gasteiger partial charge >= 0.3 is 0 Å². The van der Waals surface area contributed by atoms with Crippen molar-refractivity contribution in [3.63, 3.8) is 0 Å². The van der Waals surface area contributed by atoms with Crippen LogP contribution in [0.15, 0.2) is 18.2 Å². The summed E-state index contributed by atoms with van der Waals surface area (Å²) in [4.78, 5) is 0. The molecule has 5 heteroatoms. The molecule has 84 valence electrons. The number of rotatable bonds is 5. The second-order valence-corrected chi connectivity index (χ2v) is 3.22. The lowest BCUT2D eigenvalue weighted by Crippen LogP contribution is -2.35. The molecule has 1 aromatic rings. The quantitative estimate of drug-likeness (QED) is 0.669. The molecule has 0 spiro atoms. The summed E-state index contributed by atoms with van der Waals surface area (Å²) in [7, 11) is 0. The predicted octanol–water partition coefficient (Wildman–Crippen LogP) is 0.408. The highest BCUT2D eigenvalue weighted by Gasteiger charge is 2.05. The zero-order valence-electron chi connectivity index (χ0n) is 8.08. The number of nitrogens with one attached hydrogen (secondary N) is 1. The van der Waals surface area contributed by atoms with E-state index in [0.29, 0.717) is 5.56 Å². The van der Waals surface area contributed by atoms with Crippen molar-refractivity contribution in [3.8, 4) is 0 Å². The first-order chi connectivity index (χ1) is 7.15. The lowest BCUT2D eigenvalue weighted by Gasteiger charge is -2.13. The molecule has 0 aliphatic heterocycles. The van der Waals surface area contributed by atoms with E-state index in [-0.39, 0.29) is 19.8 Å². The van der Waals surface area contributed by atoms with Gasteiger partial charge in [-0.25, -0.2) is 8.78 Å². The van der Waals surface area contributed by atoms with Crippen LogP contribution in [0, 0.1) is 11.6 Å². The lowest BCUT2D eigenvalue weighted by atomic mass is 10.2. The maximum absolute atomic E-state index is 12.7. The lowest BCUT2D eigenvalue weighted by molar-refractivity contribution is 0.170. The molecule has 0 bridgehead atoms. The Morgan fingerprint density at radius 3 is 2.07 bits per heavy atom. The van der Waals surface area contributed by atoms with Crippen LogP contribution in [0.1, 0.15) is 5.56 Å². The molecule has 0 aliphatic rings. The summed E-state index contributed by atoms with van der Waals surface area (Å²) in [6, 6.07) is 2.71. The smallest absolute Gasteiger partial charge is 0.126 e. The zero-order chi connectivity index (χ0) is 11.3. The van der Waals surface area contributed by atoms with Crippen molar-refractivity contribution in [1.82, 2.24) is 5.32 Å². The van der Waals surface area contributed by atoms with Gasteiger partial charge in [-0.15, -0.1) is 0 Å². The Morgan fingerprint density at radius 1 is 1.07 bits per heavy atom. The van der Waals surface area contributed by atoms with Crippen LogP contribution in [0.25, 0.3) is 0 Å². The van der Waals surface area contributed by atoms with Crippen molar-refractivity contribution in [2.24, 2.45) is 0 Å². The number of aliphatic hydroxyl groups excluding tert-OH is 2. The molecule has 0 radical (unpaired) electrons. The van der Waals surface area contributed by atoms with E-state index >= 15 is 0 Å². The molecule has 0 saturated carbocycles. The van der Waals surface area contributed by atoms with Gasteiger partial charge in [-0.05, 0) is 17.7 Å². The molecule has 3 nitrogen and oxygen atoms in total. The van der Waals surface area contributed by atoms with Gasteiger partial charge in [0.15, 0.2) is 0 Å². The van der Waals surface area contributed by atoms with Crippen LogP contribution in [0.3, 0.4) is 0 Å². The highest BCUT2D eigenvalue weighted by atomic mass is 19.1.